The number of anilines is 2. The molecule has 0 bridgehead atoms. The van der Waals surface area contributed by atoms with Crippen molar-refractivity contribution in [2.75, 3.05) is 17.2 Å². The highest BCUT2D eigenvalue weighted by atomic mass is 16.6. The van der Waals surface area contributed by atoms with Crippen LogP contribution in [-0.4, -0.2) is 17.4 Å². The standard InChI is InChI=1S/C21H19N3O4/c1-15-11-12-16(24(26)27)13-19(15)23-21(25)14-22-18-9-5-6-10-20(18)28-17-7-3-2-4-8-17/h2-13,22H,14H2,1H3,(H,23,25). The Kier molecular flexibility index (Phi) is 5.86. The third-order valence-corrected chi connectivity index (χ3v) is 4.00. The monoisotopic (exact) mass is 377 g/mol. The number of nitro benzene ring substituents is 1. The molecule has 0 aliphatic carbocycles. The Morgan fingerprint density at radius 2 is 1.71 bits per heavy atom. The molecule has 0 saturated carbocycles. The minimum Gasteiger partial charge on any atom is -0.455 e. The van der Waals surface area contributed by atoms with Gasteiger partial charge in [0.25, 0.3) is 5.69 Å². The number of hydrogen-bond acceptors (Lipinski definition) is 5. The maximum atomic E-state index is 12.3. The summed E-state index contributed by atoms with van der Waals surface area (Å²) < 4.78 is 5.85. The fourth-order valence-corrected chi connectivity index (χ4v) is 2.55. The van der Waals surface area contributed by atoms with Gasteiger partial charge >= 0.3 is 0 Å². The molecule has 0 heterocycles. The highest BCUT2D eigenvalue weighted by molar-refractivity contribution is 5.94. The molecule has 1 amide bonds. The van der Waals surface area contributed by atoms with Crippen LogP contribution in [-0.2, 0) is 4.79 Å². The van der Waals surface area contributed by atoms with Gasteiger partial charge in [-0.15, -0.1) is 0 Å². The second kappa shape index (κ2) is 8.68. The molecule has 0 spiro atoms. The van der Waals surface area contributed by atoms with E-state index in [9.17, 15) is 14.9 Å². The van der Waals surface area contributed by atoms with Crippen LogP contribution < -0.4 is 15.4 Å². The van der Waals surface area contributed by atoms with Gasteiger partial charge in [0.2, 0.25) is 5.91 Å². The second-order valence-corrected chi connectivity index (χ2v) is 6.07. The molecule has 0 fully saturated rings. The number of nitrogens with one attached hydrogen (secondary N) is 2. The van der Waals surface area contributed by atoms with Crippen LogP contribution in [0.2, 0.25) is 0 Å². The second-order valence-electron chi connectivity index (χ2n) is 6.07. The molecule has 0 aromatic heterocycles. The SMILES string of the molecule is Cc1ccc([N+](=O)[O-])cc1NC(=O)CNc1ccccc1Oc1ccccc1. The van der Waals surface area contributed by atoms with Crippen molar-refractivity contribution in [3.8, 4) is 11.5 Å². The molecular weight excluding hydrogens is 358 g/mol. The first kappa shape index (κ1) is 18.9. The first-order valence-corrected chi connectivity index (χ1v) is 8.63. The molecule has 3 aromatic carbocycles. The maximum absolute atomic E-state index is 12.3. The molecule has 3 aromatic rings. The summed E-state index contributed by atoms with van der Waals surface area (Å²) in [6.07, 6.45) is 0. The lowest BCUT2D eigenvalue weighted by Crippen LogP contribution is -2.22. The average molecular weight is 377 g/mol. The summed E-state index contributed by atoms with van der Waals surface area (Å²) in [6, 6.07) is 21.0. The maximum Gasteiger partial charge on any atom is 0.271 e. The van der Waals surface area contributed by atoms with Crippen molar-refractivity contribution < 1.29 is 14.5 Å². The molecule has 0 aliphatic heterocycles. The topological polar surface area (TPSA) is 93.5 Å². The summed E-state index contributed by atoms with van der Waals surface area (Å²) in [4.78, 5) is 22.7. The third-order valence-electron chi connectivity index (χ3n) is 4.00. The average Bonchev–Trinajstić information content (AvgIpc) is 2.69. The summed E-state index contributed by atoms with van der Waals surface area (Å²) >= 11 is 0. The summed E-state index contributed by atoms with van der Waals surface area (Å²) in [7, 11) is 0. The zero-order valence-corrected chi connectivity index (χ0v) is 15.2. The summed E-state index contributed by atoms with van der Waals surface area (Å²) in [6.45, 7) is 1.76. The van der Waals surface area contributed by atoms with Crippen molar-refractivity contribution in [1.29, 1.82) is 0 Å². The van der Waals surface area contributed by atoms with Crippen LogP contribution >= 0.6 is 0 Å². The van der Waals surface area contributed by atoms with Crippen molar-refractivity contribution in [3.05, 3.63) is 88.5 Å². The lowest BCUT2D eigenvalue weighted by Gasteiger charge is -2.13. The van der Waals surface area contributed by atoms with Gasteiger partial charge in [-0.1, -0.05) is 36.4 Å². The van der Waals surface area contributed by atoms with Gasteiger partial charge in [-0.3, -0.25) is 14.9 Å². The normalized spacial score (nSPS) is 10.2. The van der Waals surface area contributed by atoms with E-state index in [2.05, 4.69) is 10.6 Å². The molecule has 0 unspecified atom stereocenters. The lowest BCUT2D eigenvalue weighted by atomic mass is 10.2. The van der Waals surface area contributed by atoms with E-state index in [1.54, 1.807) is 19.1 Å². The van der Waals surface area contributed by atoms with Gasteiger partial charge < -0.3 is 15.4 Å². The molecule has 28 heavy (non-hydrogen) atoms. The highest BCUT2D eigenvalue weighted by Gasteiger charge is 2.12. The van der Waals surface area contributed by atoms with Gasteiger partial charge in [0, 0.05) is 12.1 Å². The highest BCUT2D eigenvalue weighted by Crippen LogP contribution is 2.29. The summed E-state index contributed by atoms with van der Waals surface area (Å²) in [5.41, 5.74) is 1.74. The Morgan fingerprint density at radius 3 is 2.46 bits per heavy atom. The number of rotatable bonds is 7. The van der Waals surface area contributed by atoms with Crippen LogP contribution in [0, 0.1) is 17.0 Å². The summed E-state index contributed by atoms with van der Waals surface area (Å²) in [5, 5.41) is 16.7. The largest absolute Gasteiger partial charge is 0.455 e. The zero-order valence-electron chi connectivity index (χ0n) is 15.2. The number of para-hydroxylation sites is 3. The molecule has 0 radical (unpaired) electrons. The minimum absolute atomic E-state index is 0.0166. The molecule has 3 rings (SSSR count). The van der Waals surface area contributed by atoms with Crippen molar-refractivity contribution in [3.63, 3.8) is 0 Å². The quantitative estimate of drug-likeness (QED) is 0.458. The first-order valence-electron chi connectivity index (χ1n) is 8.63. The van der Waals surface area contributed by atoms with Crippen molar-refractivity contribution in [2.24, 2.45) is 0 Å². The van der Waals surface area contributed by atoms with Crippen molar-refractivity contribution >= 4 is 23.0 Å². The number of nitrogens with zero attached hydrogens (tertiary/aromatic N) is 1. The van der Waals surface area contributed by atoms with Crippen molar-refractivity contribution in [2.45, 2.75) is 6.92 Å². The van der Waals surface area contributed by atoms with Gasteiger partial charge in [0.1, 0.15) is 5.75 Å². The van der Waals surface area contributed by atoms with Crippen LogP contribution in [0.15, 0.2) is 72.8 Å². The first-order chi connectivity index (χ1) is 13.5. The van der Waals surface area contributed by atoms with Gasteiger partial charge in [-0.05, 0) is 36.8 Å². The summed E-state index contributed by atoms with van der Waals surface area (Å²) in [5.74, 6) is 0.958. The fourth-order valence-electron chi connectivity index (χ4n) is 2.55. The molecular formula is C21H19N3O4. The van der Waals surface area contributed by atoms with E-state index in [1.165, 1.54) is 12.1 Å². The predicted octanol–water partition coefficient (Wildman–Crippen LogP) is 4.75. The number of aryl methyl sites for hydroxylation is 1. The van der Waals surface area contributed by atoms with Gasteiger partial charge in [-0.25, -0.2) is 0 Å². The van der Waals surface area contributed by atoms with Crippen LogP contribution in [0.1, 0.15) is 5.56 Å². The number of nitro groups is 1. The van der Waals surface area contributed by atoms with Crippen LogP contribution in [0.3, 0.4) is 0 Å². The predicted molar refractivity (Wildman–Crippen MR) is 108 cm³/mol. The Labute approximate surface area is 162 Å². The molecule has 0 saturated heterocycles. The van der Waals surface area contributed by atoms with E-state index >= 15 is 0 Å². The fraction of sp³-hybridized carbons (Fsp3) is 0.0952. The zero-order chi connectivity index (χ0) is 19.9. The van der Waals surface area contributed by atoms with E-state index in [0.717, 1.165) is 5.56 Å². The van der Waals surface area contributed by atoms with E-state index in [1.807, 2.05) is 48.5 Å². The Morgan fingerprint density at radius 1 is 1.00 bits per heavy atom. The number of carbonyl (C=O) groups excluding carboxylic acids is 1. The lowest BCUT2D eigenvalue weighted by molar-refractivity contribution is -0.384. The number of ether oxygens (including phenoxy) is 1. The van der Waals surface area contributed by atoms with Gasteiger partial charge in [-0.2, -0.15) is 0 Å². The van der Waals surface area contributed by atoms with E-state index in [4.69, 9.17) is 4.74 Å². The Hall–Kier alpha value is -3.87. The Balaban J connectivity index is 1.65. The van der Waals surface area contributed by atoms with E-state index in [-0.39, 0.29) is 18.1 Å². The number of amides is 1. The number of carbonyl (C=O) groups is 1. The van der Waals surface area contributed by atoms with E-state index < -0.39 is 4.92 Å². The van der Waals surface area contributed by atoms with Gasteiger partial charge in [0.15, 0.2) is 5.75 Å². The molecule has 7 nitrogen and oxygen atoms in total. The number of non-ortho nitro benzene ring substituents is 1. The Bertz CT molecular complexity index is 990. The number of benzene rings is 3. The minimum atomic E-state index is -0.496. The molecule has 142 valence electrons. The van der Waals surface area contributed by atoms with Crippen LogP contribution in [0.25, 0.3) is 0 Å². The number of hydrogen-bond donors (Lipinski definition) is 2. The van der Waals surface area contributed by atoms with Crippen LogP contribution in [0.4, 0.5) is 17.1 Å². The molecule has 0 atom stereocenters. The third kappa shape index (κ3) is 4.85. The smallest absolute Gasteiger partial charge is 0.271 e. The molecule has 0 aliphatic rings. The van der Waals surface area contributed by atoms with Gasteiger partial charge in [0.05, 0.1) is 22.8 Å². The molecule has 2 N–H and O–H groups in total. The van der Waals surface area contributed by atoms with E-state index in [0.29, 0.717) is 22.9 Å². The molecule has 7 heteroatoms. The van der Waals surface area contributed by atoms with Crippen LogP contribution in [0.5, 0.6) is 11.5 Å². The van der Waals surface area contributed by atoms with Crippen molar-refractivity contribution in [1.82, 2.24) is 0 Å².